The molecule has 1 aromatic carbocycles. The summed E-state index contributed by atoms with van der Waals surface area (Å²) in [6.07, 6.45) is 3.15. The molecule has 4 atom stereocenters. The summed E-state index contributed by atoms with van der Waals surface area (Å²) in [5, 5.41) is 22.0. The number of carbonyl (C=O) groups is 4. The Morgan fingerprint density at radius 2 is 1.77 bits per heavy atom. The van der Waals surface area contributed by atoms with E-state index in [2.05, 4.69) is 33.9 Å². The Morgan fingerprint density at radius 3 is 2.39 bits per heavy atom. The van der Waals surface area contributed by atoms with Crippen LogP contribution in [0.15, 0.2) is 53.5 Å². The van der Waals surface area contributed by atoms with Gasteiger partial charge in [-0.2, -0.15) is 0 Å². The predicted molar refractivity (Wildman–Crippen MR) is 167 cm³/mol. The third kappa shape index (κ3) is 8.85. The van der Waals surface area contributed by atoms with Gasteiger partial charge in [0.25, 0.3) is 11.5 Å². The molecule has 0 bridgehead atoms. The molecular weight excluding hydrogens is 586 g/mol. The van der Waals surface area contributed by atoms with Crippen molar-refractivity contribution >= 4 is 42.1 Å². The molecule has 13 heteroatoms. The van der Waals surface area contributed by atoms with Gasteiger partial charge < -0.3 is 30.4 Å². The number of thiol groups is 1. The van der Waals surface area contributed by atoms with Crippen molar-refractivity contribution < 1.29 is 29.0 Å². The molecule has 4 amide bonds. The molecule has 4 rings (SSSR count). The van der Waals surface area contributed by atoms with Crippen LogP contribution < -0.4 is 26.8 Å². The lowest BCUT2D eigenvalue weighted by Gasteiger charge is -2.34. The van der Waals surface area contributed by atoms with Gasteiger partial charge in [0.15, 0.2) is 0 Å². The predicted octanol–water partition coefficient (Wildman–Crippen LogP) is 2.48. The Labute approximate surface area is 261 Å². The van der Waals surface area contributed by atoms with Crippen molar-refractivity contribution in [3.63, 3.8) is 0 Å². The molecule has 2 aliphatic rings. The molecule has 1 aliphatic heterocycles. The van der Waals surface area contributed by atoms with Crippen LogP contribution in [-0.2, 0) is 25.7 Å². The van der Waals surface area contributed by atoms with Crippen molar-refractivity contribution in [1.82, 2.24) is 20.5 Å². The highest BCUT2D eigenvalue weighted by Crippen LogP contribution is 2.37. The molecule has 1 saturated heterocycles. The highest BCUT2D eigenvalue weighted by atomic mass is 32.1. The fourth-order valence-electron chi connectivity index (χ4n) is 5.09. The van der Waals surface area contributed by atoms with Crippen LogP contribution in [0.4, 0.5) is 10.5 Å². The molecule has 44 heavy (non-hydrogen) atoms. The quantitative estimate of drug-likeness (QED) is 0.155. The minimum atomic E-state index is -2.39. The van der Waals surface area contributed by atoms with Crippen LogP contribution in [0.5, 0.6) is 0 Å². The number of aliphatic hydroxyl groups is 1. The highest BCUT2D eigenvalue weighted by Gasteiger charge is 2.45. The zero-order chi connectivity index (χ0) is 32.1. The van der Waals surface area contributed by atoms with Gasteiger partial charge in [-0.15, -0.1) is 12.6 Å². The Morgan fingerprint density at radius 1 is 1.07 bits per heavy atom. The Bertz CT molecular complexity index is 1420. The Kier molecular flexibility index (Phi) is 10.4. The maximum absolute atomic E-state index is 13.9. The summed E-state index contributed by atoms with van der Waals surface area (Å²) in [5.74, 6) is -2.08. The van der Waals surface area contributed by atoms with E-state index in [1.165, 1.54) is 22.9 Å². The monoisotopic (exact) mass is 627 g/mol. The van der Waals surface area contributed by atoms with Gasteiger partial charge in [0, 0.05) is 25.2 Å². The van der Waals surface area contributed by atoms with Gasteiger partial charge in [0.1, 0.15) is 17.3 Å². The van der Waals surface area contributed by atoms with E-state index in [1.54, 1.807) is 20.8 Å². The van der Waals surface area contributed by atoms with Gasteiger partial charge in [0.05, 0.1) is 6.04 Å². The van der Waals surface area contributed by atoms with E-state index in [0.717, 1.165) is 18.4 Å². The first-order chi connectivity index (χ1) is 20.7. The number of pyridine rings is 1. The zero-order valence-corrected chi connectivity index (χ0v) is 26.1. The van der Waals surface area contributed by atoms with Crippen molar-refractivity contribution in [3.8, 4) is 0 Å². The van der Waals surface area contributed by atoms with Gasteiger partial charge in [-0.1, -0.05) is 43.2 Å². The van der Waals surface area contributed by atoms with E-state index in [0.29, 0.717) is 19.4 Å². The van der Waals surface area contributed by atoms with Gasteiger partial charge in [-0.05, 0) is 63.6 Å². The number of ether oxygens (including phenoxy) is 1. The maximum atomic E-state index is 13.9. The van der Waals surface area contributed by atoms with Gasteiger partial charge in [0.2, 0.25) is 16.7 Å². The van der Waals surface area contributed by atoms with Crippen molar-refractivity contribution in [3.05, 3.63) is 64.6 Å². The summed E-state index contributed by atoms with van der Waals surface area (Å²) in [5.41, 5.74) is -0.674. The lowest BCUT2D eigenvalue weighted by molar-refractivity contribution is -0.137. The lowest BCUT2D eigenvalue weighted by Crippen LogP contribution is -2.59. The highest BCUT2D eigenvalue weighted by molar-refractivity contribution is 7.82. The molecule has 5 N–H and O–H groups in total. The average Bonchev–Trinajstić information content (AvgIpc) is 3.69. The fourth-order valence-corrected chi connectivity index (χ4v) is 5.34. The van der Waals surface area contributed by atoms with Crippen LogP contribution in [-0.4, -0.2) is 56.6 Å². The molecule has 2 heterocycles. The molecule has 0 radical (unpaired) electrons. The first-order valence-electron chi connectivity index (χ1n) is 14.8. The van der Waals surface area contributed by atoms with E-state index in [1.807, 2.05) is 30.3 Å². The third-order valence-corrected chi connectivity index (χ3v) is 8.13. The standard InChI is InChI=1S/C31H41N5O7S/c1-30(2,3)43-29(41)34-22-10-7-15-36(27(22)39)23(16-19-11-12-19)26(38)35-24(17-21-13-14-32-25(21)37)31(42,44)28(40)33-18-20-8-5-4-6-9-20/h4-10,15,19,21,23-24,42,44H,11-14,16-18H2,1-3H3,(H,32,37)(H,33,40)(H,34,41)(H,35,38)/t21-,23-,24-,31-/m0/s1. The van der Waals surface area contributed by atoms with Gasteiger partial charge in [-0.25, -0.2) is 4.79 Å². The number of nitrogens with zero attached hydrogens (tertiary/aromatic N) is 1. The van der Waals surface area contributed by atoms with E-state index >= 15 is 0 Å². The number of anilines is 1. The molecule has 2 fully saturated rings. The smallest absolute Gasteiger partial charge is 0.412 e. The van der Waals surface area contributed by atoms with E-state index in [9.17, 15) is 29.1 Å². The number of aromatic nitrogens is 1. The number of carbonyl (C=O) groups excluding carboxylic acids is 4. The summed E-state index contributed by atoms with van der Waals surface area (Å²) in [7, 11) is 0. The van der Waals surface area contributed by atoms with Gasteiger partial charge in [-0.3, -0.25) is 24.5 Å². The average molecular weight is 628 g/mol. The van der Waals surface area contributed by atoms with Crippen LogP contribution in [0.25, 0.3) is 0 Å². The van der Waals surface area contributed by atoms with Crippen LogP contribution in [0.3, 0.4) is 0 Å². The molecule has 0 unspecified atom stereocenters. The molecule has 1 aromatic heterocycles. The molecular formula is C31H41N5O7S. The molecule has 0 spiro atoms. The van der Waals surface area contributed by atoms with Gasteiger partial charge >= 0.3 is 6.09 Å². The number of rotatable bonds is 12. The Balaban J connectivity index is 1.58. The van der Waals surface area contributed by atoms with Crippen LogP contribution in [0.2, 0.25) is 0 Å². The summed E-state index contributed by atoms with van der Waals surface area (Å²) in [6.45, 7) is 5.64. The first kappa shape index (κ1) is 33.1. The van der Waals surface area contributed by atoms with Crippen molar-refractivity contribution in [1.29, 1.82) is 0 Å². The normalized spacial score (nSPS) is 19.2. The second-order valence-corrected chi connectivity index (χ2v) is 13.1. The number of benzene rings is 1. The SMILES string of the molecule is CC(C)(C)OC(=O)Nc1cccn([C@@H](CC2CC2)C(=O)N[C@@H](C[C@@H]2CCNC2=O)[C@](O)(S)C(=O)NCc2ccccc2)c1=O. The number of nitrogens with one attached hydrogen (secondary N) is 4. The van der Waals surface area contributed by atoms with Crippen LogP contribution in [0.1, 0.15) is 64.5 Å². The van der Waals surface area contributed by atoms with E-state index in [4.69, 9.17) is 4.74 Å². The largest absolute Gasteiger partial charge is 0.444 e. The molecule has 1 saturated carbocycles. The fraction of sp³-hybridized carbons (Fsp3) is 0.516. The first-order valence-corrected chi connectivity index (χ1v) is 15.3. The van der Waals surface area contributed by atoms with E-state index < -0.39 is 52.0 Å². The van der Waals surface area contributed by atoms with Crippen molar-refractivity contribution in [2.45, 2.75) is 82.0 Å². The molecule has 2 aromatic rings. The minimum absolute atomic E-state index is 0.0540. The van der Waals surface area contributed by atoms with E-state index in [-0.39, 0.29) is 30.5 Å². The molecule has 1 aliphatic carbocycles. The summed E-state index contributed by atoms with van der Waals surface area (Å²) in [6, 6.07) is 9.75. The summed E-state index contributed by atoms with van der Waals surface area (Å²) < 4.78 is 6.50. The second-order valence-electron chi connectivity index (χ2n) is 12.4. The molecule has 238 valence electrons. The topological polar surface area (TPSA) is 168 Å². The Hall–Kier alpha value is -3.84. The number of hydrogen-bond acceptors (Lipinski definition) is 8. The third-order valence-electron chi connectivity index (χ3n) is 7.62. The van der Waals surface area contributed by atoms with Crippen molar-refractivity contribution in [2.24, 2.45) is 11.8 Å². The summed E-state index contributed by atoms with van der Waals surface area (Å²) >= 11 is 4.31. The number of amides is 4. The number of hydrogen-bond donors (Lipinski definition) is 6. The second kappa shape index (κ2) is 13.9. The lowest BCUT2D eigenvalue weighted by atomic mass is 9.93. The van der Waals surface area contributed by atoms with Crippen molar-refractivity contribution in [2.75, 3.05) is 11.9 Å². The minimum Gasteiger partial charge on any atom is -0.444 e. The van der Waals surface area contributed by atoms with Crippen LogP contribution >= 0.6 is 12.6 Å². The van der Waals surface area contributed by atoms with Crippen LogP contribution in [0, 0.1) is 11.8 Å². The summed E-state index contributed by atoms with van der Waals surface area (Å²) in [4.78, 5) is 63.1. The molecule has 12 nitrogen and oxygen atoms in total. The zero-order valence-electron chi connectivity index (χ0n) is 25.2. The maximum Gasteiger partial charge on any atom is 0.412 e.